The molecule has 1 aliphatic heterocycles. The van der Waals surface area contributed by atoms with Gasteiger partial charge in [0.1, 0.15) is 12.4 Å². The fraction of sp³-hybridized carbons (Fsp3) is 0.636. The predicted molar refractivity (Wildman–Crippen MR) is 56.4 cm³/mol. The van der Waals surface area contributed by atoms with Crippen LogP contribution in [0.25, 0.3) is 0 Å². The highest BCUT2D eigenvalue weighted by molar-refractivity contribution is 5.77. The largest absolute Gasteiger partial charge is 0.416 e. The fourth-order valence-corrected chi connectivity index (χ4v) is 2.16. The number of aromatic nitrogens is 2. The average Bonchev–Trinajstić information content (AvgIpc) is 2.70. The summed E-state index contributed by atoms with van der Waals surface area (Å²) in [4.78, 5) is 14.1. The Morgan fingerprint density at radius 2 is 2.20 bits per heavy atom. The van der Waals surface area contributed by atoms with Crippen molar-refractivity contribution in [1.82, 2.24) is 9.47 Å². The number of rotatable bonds is 0. The number of carbonyl (C=O) groups excluding carboxylic acids is 1. The van der Waals surface area contributed by atoms with Crippen molar-refractivity contribution in [3.63, 3.8) is 0 Å². The lowest BCUT2D eigenvalue weighted by molar-refractivity contribution is -0.670. The van der Waals surface area contributed by atoms with Gasteiger partial charge in [0.15, 0.2) is 0 Å². The van der Waals surface area contributed by atoms with Crippen molar-refractivity contribution in [2.45, 2.75) is 32.2 Å². The molecule has 82 valence electrons. The minimum atomic E-state index is -0.0000746. The predicted octanol–water partition coefficient (Wildman–Crippen LogP) is 1.16. The molecule has 0 saturated carbocycles. The molecule has 0 aliphatic carbocycles. The van der Waals surface area contributed by atoms with E-state index in [0.717, 1.165) is 19.4 Å². The van der Waals surface area contributed by atoms with Crippen LogP contribution in [0.1, 0.15) is 26.7 Å². The summed E-state index contributed by atoms with van der Waals surface area (Å²) in [5, 5.41) is 0. The Labute approximate surface area is 90.1 Å². The van der Waals surface area contributed by atoms with Crippen molar-refractivity contribution < 1.29 is 9.36 Å². The topological polar surface area (TPSA) is 29.1 Å². The van der Waals surface area contributed by atoms with Gasteiger partial charge in [-0.15, -0.1) is 0 Å². The van der Waals surface area contributed by atoms with E-state index in [4.69, 9.17) is 0 Å². The molecule has 0 aromatic carbocycles. The molecular formula is C11H18N3O+. The Kier molecular flexibility index (Phi) is 2.29. The molecule has 0 bridgehead atoms. The van der Waals surface area contributed by atoms with E-state index in [-0.39, 0.29) is 11.6 Å². The number of hydrogen-bond acceptors (Lipinski definition) is 1. The van der Waals surface area contributed by atoms with Crippen molar-refractivity contribution in [3.05, 3.63) is 18.7 Å². The molecule has 1 fully saturated rings. The summed E-state index contributed by atoms with van der Waals surface area (Å²) in [6.07, 6.45) is 7.67. The molecule has 1 amide bonds. The summed E-state index contributed by atoms with van der Waals surface area (Å²) < 4.78 is 3.52. The number of hydrogen-bond donors (Lipinski definition) is 0. The molecule has 1 aliphatic rings. The first-order chi connectivity index (χ1) is 7.00. The Morgan fingerprint density at radius 3 is 2.67 bits per heavy atom. The highest BCUT2D eigenvalue weighted by Crippen LogP contribution is 2.28. The molecule has 0 atom stereocenters. The van der Waals surface area contributed by atoms with E-state index in [1.54, 1.807) is 17.1 Å². The van der Waals surface area contributed by atoms with Gasteiger partial charge in [0, 0.05) is 12.1 Å². The Bertz CT molecular complexity index is 381. The van der Waals surface area contributed by atoms with Gasteiger partial charge in [-0.05, 0) is 26.7 Å². The summed E-state index contributed by atoms with van der Waals surface area (Å²) in [6, 6.07) is 0.0816. The molecule has 2 heterocycles. The summed E-state index contributed by atoms with van der Waals surface area (Å²) in [5.41, 5.74) is -0.0000746. The van der Waals surface area contributed by atoms with E-state index in [0.29, 0.717) is 0 Å². The zero-order valence-corrected chi connectivity index (χ0v) is 9.60. The average molecular weight is 208 g/mol. The van der Waals surface area contributed by atoms with Crippen LogP contribution in [-0.2, 0) is 7.05 Å². The van der Waals surface area contributed by atoms with Crippen LogP contribution in [-0.4, -0.2) is 27.6 Å². The van der Waals surface area contributed by atoms with Crippen LogP contribution in [0.5, 0.6) is 0 Å². The van der Waals surface area contributed by atoms with Crippen molar-refractivity contribution in [2.24, 2.45) is 7.05 Å². The van der Waals surface area contributed by atoms with Gasteiger partial charge in [0.2, 0.25) is 0 Å². The molecule has 4 nitrogen and oxygen atoms in total. The van der Waals surface area contributed by atoms with E-state index in [1.807, 2.05) is 22.7 Å². The standard InChI is InChI=1S/C11H18N3O/c1-11(2)5-4-6-14(11)10(15)13-8-7-12(3)9-13/h7-9H,4-6H2,1-3H3/q+1. The number of nitrogens with zero attached hydrogens (tertiary/aromatic N) is 3. The maximum absolute atomic E-state index is 12.2. The van der Waals surface area contributed by atoms with Gasteiger partial charge in [-0.3, -0.25) is 4.90 Å². The van der Waals surface area contributed by atoms with Gasteiger partial charge in [0.05, 0.1) is 7.05 Å². The molecule has 15 heavy (non-hydrogen) atoms. The van der Waals surface area contributed by atoms with Crippen molar-refractivity contribution in [3.8, 4) is 0 Å². The first-order valence-electron chi connectivity index (χ1n) is 5.36. The van der Waals surface area contributed by atoms with E-state index in [1.165, 1.54) is 0 Å². The van der Waals surface area contributed by atoms with Crippen molar-refractivity contribution >= 4 is 6.03 Å². The minimum absolute atomic E-state index is 0.0000746. The molecule has 4 heteroatoms. The maximum atomic E-state index is 12.2. The number of amides is 1. The maximum Gasteiger partial charge on any atom is 0.416 e. The van der Waals surface area contributed by atoms with Crippen LogP contribution >= 0.6 is 0 Å². The summed E-state index contributed by atoms with van der Waals surface area (Å²) >= 11 is 0. The zero-order valence-electron chi connectivity index (χ0n) is 9.60. The Hall–Kier alpha value is -1.32. The highest BCUT2D eigenvalue weighted by Gasteiger charge is 2.38. The molecule has 1 aromatic heterocycles. The molecule has 0 N–H and O–H groups in total. The van der Waals surface area contributed by atoms with E-state index < -0.39 is 0 Å². The van der Waals surface area contributed by atoms with Crippen LogP contribution in [0.3, 0.4) is 0 Å². The second-order valence-corrected chi connectivity index (χ2v) is 4.84. The third-order valence-electron chi connectivity index (χ3n) is 3.12. The van der Waals surface area contributed by atoms with Crippen LogP contribution in [0.4, 0.5) is 4.79 Å². The second kappa shape index (κ2) is 3.36. The number of imidazole rings is 1. The highest BCUT2D eigenvalue weighted by atomic mass is 16.2. The number of aryl methyl sites for hydroxylation is 1. The molecular weight excluding hydrogens is 190 g/mol. The summed E-state index contributed by atoms with van der Waals surface area (Å²) in [5.74, 6) is 0. The molecule has 1 aromatic rings. The van der Waals surface area contributed by atoms with Crippen LogP contribution in [0, 0.1) is 0 Å². The molecule has 2 rings (SSSR count). The first-order valence-corrected chi connectivity index (χ1v) is 5.36. The van der Waals surface area contributed by atoms with Gasteiger partial charge in [-0.2, -0.15) is 4.57 Å². The van der Waals surface area contributed by atoms with Gasteiger partial charge >= 0.3 is 6.03 Å². The Balaban J connectivity index is 2.21. The molecule has 0 radical (unpaired) electrons. The van der Waals surface area contributed by atoms with E-state index >= 15 is 0 Å². The normalized spacial score (nSPS) is 19.5. The minimum Gasteiger partial charge on any atom is -0.299 e. The van der Waals surface area contributed by atoms with Crippen molar-refractivity contribution in [1.29, 1.82) is 0 Å². The molecule has 0 spiro atoms. The number of likely N-dealkylation sites (tertiary alicyclic amines) is 1. The van der Waals surface area contributed by atoms with E-state index in [2.05, 4.69) is 13.8 Å². The fourth-order valence-electron chi connectivity index (χ4n) is 2.16. The van der Waals surface area contributed by atoms with E-state index in [9.17, 15) is 4.79 Å². The van der Waals surface area contributed by atoms with Gasteiger partial charge in [-0.25, -0.2) is 9.36 Å². The first kappa shape index (κ1) is 10.2. The smallest absolute Gasteiger partial charge is 0.299 e. The number of carbonyl (C=O) groups is 1. The molecule has 1 saturated heterocycles. The van der Waals surface area contributed by atoms with Crippen LogP contribution < -0.4 is 4.57 Å². The summed E-state index contributed by atoms with van der Waals surface area (Å²) in [7, 11) is 1.92. The molecule has 0 unspecified atom stereocenters. The van der Waals surface area contributed by atoms with Crippen LogP contribution in [0.2, 0.25) is 0 Å². The third-order valence-corrected chi connectivity index (χ3v) is 3.12. The van der Waals surface area contributed by atoms with Crippen LogP contribution in [0.15, 0.2) is 18.7 Å². The lowest BCUT2D eigenvalue weighted by atomic mass is 10.0. The van der Waals surface area contributed by atoms with Gasteiger partial charge < -0.3 is 0 Å². The Morgan fingerprint density at radius 1 is 1.47 bits per heavy atom. The van der Waals surface area contributed by atoms with Gasteiger partial charge in [0.25, 0.3) is 6.33 Å². The third kappa shape index (κ3) is 1.76. The zero-order chi connectivity index (χ0) is 11.1. The van der Waals surface area contributed by atoms with Gasteiger partial charge in [-0.1, -0.05) is 0 Å². The quantitative estimate of drug-likeness (QED) is 0.588. The monoisotopic (exact) mass is 208 g/mol. The lowest BCUT2D eigenvalue weighted by Gasteiger charge is -2.29. The SMILES string of the molecule is C[n+]1ccn(C(=O)N2CCCC2(C)C)c1. The van der Waals surface area contributed by atoms with Crippen molar-refractivity contribution in [2.75, 3.05) is 6.54 Å². The summed E-state index contributed by atoms with van der Waals surface area (Å²) in [6.45, 7) is 5.12. The second-order valence-electron chi connectivity index (χ2n) is 4.84. The lowest BCUT2D eigenvalue weighted by Crippen LogP contribution is -2.44.